The van der Waals surface area contributed by atoms with Gasteiger partial charge in [-0.3, -0.25) is 9.78 Å². The zero-order chi connectivity index (χ0) is 18.9. The molecule has 0 bridgehead atoms. The van der Waals surface area contributed by atoms with E-state index in [2.05, 4.69) is 20.3 Å². The first-order valence-electron chi connectivity index (χ1n) is 9.39. The molecule has 6 nitrogen and oxygen atoms in total. The van der Waals surface area contributed by atoms with Crippen molar-refractivity contribution in [3.63, 3.8) is 0 Å². The Labute approximate surface area is 166 Å². The van der Waals surface area contributed by atoms with Gasteiger partial charge >= 0.3 is 0 Å². The number of carbonyl (C=O) groups is 1. The van der Waals surface area contributed by atoms with Crippen molar-refractivity contribution in [2.24, 2.45) is 5.92 Å². The quantitative estimate of drug-likeness (QED) is 0.510. The third-order valence-electron chi connectivity index (χ3n) is 5.21. The number of thiophene rings is 1. The Bertz CT molecular complexity index is 1140. The summed E-state index contributed by atoms with van der Waals surface area (Å²) >= 11 is 1.56. The summed E-state index contributed by atoms with van der Waals surface area (Å²) in [5.41, 5.74) is 4.24. The van der Waals surface area contributed by atoms with Gasteiger partial charge in [-0.1, -0.05) is 6.42 Å². The Balaban J connectivity index is 1.39. The molecule has 1 fully saturated rings. The first kappa shape index (κ1) is 17.1. The minimum atomic E-state index is 0.0977. The van der Waals surface area contributed by atoms with Gasteiger partial charge < -0.3 is 10.3 Å². The van der Waals surface area contributed by atoms with Gasteiger partial charge in [-0.25, -0.2) is 9.97 Å². The molecule has 1 aliphatic rings. The van der Waals surface area contributed by atoms with Gasteiger partial charge in [-0.15, -0.1) is 11.3 Å². The Morgan fingerprint density at radius 3 is 3.00 bits per heavy atom. The molecule has 0 saturated heterocycles. The summed E-state index contributed by atoms with van der Waals surface area (Å²) in [6.45, 7) is 0. The lowest BCUT2D eigenvalue weighted by Gasteiger charge is -2.24. The number of anilines is 1. The third kappa shape index (κ3) is 3.29. The van der Waals surface area contributed by atoms with Gasteiger partial charge in [0.2, 0.25) is 5.91 Å². The number of nitrogens with one attached hydrogen (secondary N) is 2. The van der Waals surface area contributed by atoms with Crippen LogP contribution >= 0.6 is 11.3 Å². The molecule has 4 aromatic rings. The molecule has 1 aliphatic carbocycles. The van der Waals surface area contributed by atoms with Crippen molar-refractivity contribution in [1.82, 2.24) is 19.9 Å². The summed E-state index contributed by atoms with van der Waals surface area (Å²) in [6.07, 6.45) is 11.4. The zero-order valence-electron chi connectivity index (χ0n) is 15.2. The fourth-order valence-electron chi connectivity index (χ4n) is 3.51. The molecule has 1 amide bonds. The van der Waals surface area contributed by atoms with Crippen LogP contribution in [0.15, 0.2) is 48.4 Å². The molecule has 0 radical (unpaired) electrons. The van der Waals surface area contributed by atoms with E-state index in [0.29, 0.717) is 12.3 Å². The monoisotopic (exact) mass is 389 g/mol. The van der Waals surface area contributed by atoms with Crippen molar-refractivity contribution in [2.75, 3.05) is 5.32 Å². The zero-order valence-corrected chi connectivity index (χ0v) is 16.0. The number of hydrogen-bond donors (Lipinski definition) is 2. The van der Waals surface area contributed by atoms with Crippen LogP contribution in [-0.4, -0.2) is 25.8 Å². The Morgan fingerprint density at radius 1 is 1.25 bits per heavy atom. The molecule has 5 rings (SSSR count). The van der Waals surface area contributed by atoms with E-state index in [9.17, 15) is 4.79 Å². The minimum absolute atomic E-state index is 0.0977. The molecule has 0 spiro atoms. The lowest BCUT2D eigenvalue weighted by Crippen LogP contribution is -2.20. The maximum atomic E-state index is 12.2. The molecule has 7 heteroatoms. The number of amides is 1. The summed E-state index contributed by atoms with van der Waals surface area (Å²) in [5.74, 6) is 0.659. The molecule has 0 aromatic carbocycles. The molecule has 0 aliphatic heterocycles. The Morgan fingerprint density at radius 2 is 2.14 bits per heavy atom. The van der Waals surface area contributed by atoms with E-state index < -0.39 is 0 Å². The molecule has 0 atom stereocenters. The minimum Gasteiger partial charge on any atom is -0.346 e. The number of fused-ring (bicyclic) bond motifs is 1. The van der Waals surface area contributed by atoms with Gasteiger partial charge in [0.25, 0.3) is 0 Å². The van der Waals surface area contributed by atoms with Crippen molar-refractivity contribution in [3.8, 4) is 21.8 Å². The van der Waals surface area contributed by atoms with E-state index in [1.807, 2.05) is 29.8 Å². The highest BCUT2D eigenvalue weighted by molar-refractivity contribution is 7.14. The largest absolute Gasteiger partial charge is 0.346 e. The molecular weight excluding hydrogens is 370 g/mol. The number of H-pyrrole nitrogens is 1. The lowest BCUT2D eigenvalue weighted by atomic mass is 9.83. The molecular formula is C21H19N5OS. The number of carbonyl (C=O) groups excluding carboxylic acids is 1. The summed E-state index contributed by atoms with van der Waals surface area (Å²) in [4.78, 5) is 29.8. The number of rotatable bonds is 5. The second-order valence-corrected chi connectivity index (χ2v) is 8.05. The summed E-state index contributed by atoms with van der Waals surface area (Å²) in [7, 11) is 0. The van der Waals surface area contributed by atoms with Gasteiger partial charge in [-0.05, 0) is 37.0 Å². The second kappa shape index (κ2) is 7.16. The average Bonchev–Trinajstić information content (AvgIpc) is 3.34. The van der Waals surface area contributed by atoms with Crippen LogP contribution in [0.5, 0.6) is 0 Å². The predicted octanol–water partition coefficient (Wildman–Crippen LogP) is 4.88. The van der Waals surface area contributed by atoms with E-state index in [1.54, 1.807) is 29.9 Å². The lowest BCUT2D eigenvalue weighted by molar-refractivity contribution is -0.117. The van der Waals surface area contributed by atoms with Crippen LogP contribution in [-0.2, 0) is 4.79 Å². The average molecular weight is 389 g/mol. The maximum Gasteiger partial charge on any atom is 0.224 e. The fraction of sp³-hybridized carbons (Fsp3) is 0.238. The van der Waals surface area contributed by atoms with Crippen molar-refractivity contribution in [1.29, 1.82) is 0 Å². The van der Waals surface area contributed by atoms with Gasteiger partial charge in [0.15, 0.2) is 0 Å². The summed E-state index contributed by atoms with van der Waals surface area (Å²) in [5, 5.41) is 5.98. The molecule has 28 heavy (non-hydrogen) atoms. The highest BCUT2D eigenvalue weighted by atomic mass is 32.1. The number of hydrogen-bond acceptors (Lipinski definition) is 5. The Hall–Kier alpha value is -3.06. The van der Waals surface area contributed by atoms with Gasteiger partial charge in [0, 0.05) is 35.1 Å². The number of aromatic amines is 1. The topological polar surface area (TPSA) is 83.6 Å². The molecule has 2 N–H and O–H groups in total. The third-order valence-corrected chi connectivity index (χ3v) is 6.16. The normalized spacial score (nSPS) is 14.1. The van der Waals surface area contributed by atoms with Crippen molar-refractivity contribution in [3.05, 3.63) is 48.4 Å². The first-order chi connectivity index (χ1) is 13.8. The van der Waals surface area contributed by atoms with Crippen LogP contribution in [0, 0.1) is 5.92 Å². The van der Waals surface area contributed by atoms with Crippen LogP contribution in [0.3, 0.4) is 0 Å². The highest BCUT2D eigenvalue weighted by Gasteiger charge is 2.21. The predicted molar refractivity (Wildman–Crippen MR) is 111 cm³/mol. The number of pyridine rings is 1. The van der Waals surface area contributed by atoms with E-state index in [4.69, 9.17) is 4.98 Å². The van der Waals surface area contributed by atoms with Crippen LogP contribution in [0.25, 0.3) is 32.9 Å². The van der Waals surface area contributed by atoms with Crippen molar-refractivity contribution >= 4 is 34.0 Å². The fourth-order valence-corrected chi connectivity index (χ4v) is 4.30. The second-order valence-electron chi connectivity index (χ2n) is 7.14. The van der Waals surface area contributed by atoms with Gasteiger partial charge in [0.05, 0.1) is 34.3 Å². The van der Waals surface area contributed by atoms with Crippen molar-refractivity contribution in [2.45, 2.75) is 25.7 Å². The molecule has 1 saturated carbocycles. The first-order valence-corrected chi connectivity index (χ1v) is 10.3. The smallest absolute Gasteiger partial charge is 0.224 e. The number of aromatic nitrogens is 4. The molecule has 4 aromatic heterocycles. The van der Waals surface area contributed by atoms with Crippen LogP contribution in [0.1, 0.15) is 25.7 Å². The maximum absolute atomic E-state index is 12.2. The van der Waals surface area contributed by atoms with E-state index in [0.717, 1.165) is 38.5 Å². The SMILES string of the molecule is O=C(CC1CCC1)Nc1csc(-c2cncc(-c3ccnc4[nH]ccc34)n2)c1. The van der Waals surface area contributed by atoms with Crippen LogP contribution < -0.4 is 5.32 Å². The highest BCUT2D eigenvalue weighted by Crippen LogP contribution is 2.32. The molecule has 140 valence electrons. The van der Waals surface area contributed by atoms with Gasteiger partial charge in [0.1, 0.15) is 5.65 Å². The summed E-state index contributed by atoms with van der Waals surface area (Å²) in [6, 6.07) is 5.91. The van der Waals surface area contributed by atoms with Gasteiger partial charge in [-0.2, -0.15) is 0 Å². The number of nitrogens with zero attached hydrogens (tertiary/aromatic N) is 3. The molecule has 4 heterocycles. The van der Waals surface area contributed by atoms with E-state index in [1.165, 1.54) is 19.3 Å². The van der Waals surface area contributed by atoms with E-state index >= 15 is 0 Å². The van der Waals surface area contributed by atoms with Crippen LogP contribution in [0.4, 0.5) is 5.69 Å². The standard InChI is InChI=1S/C21H19N5OS/c27-20(8-13-2-1-3-13)25-14-9-19(28-12-14)18-11-22-10-17(26-18)15-4-6-23-21-16(15)5-7-24-21/h4-7,9-13H,1-3,8H2,(H,23,24)(H,25,27). The Kier molecular flexibility index (Phi) is 4.37. The summed E-state index contributed by atoms with van der Waals surface area (Å²) < 4.78 is 0. The molecule has 0 unspecified atom stereocenters. The van der Waals surface area contributed by atoms with Crippen LogP contribution in [0.2, 0.25) is 0 Å². The van der Waals surface area contributed by atoms with Crippen molar-refractivity contribution < 1.29 is 4.79 Å². The van der Waals surface area contributed by atoms with E-state index in [-0.39, 0.29) is 5.91 Å².